The summed E-state index contributed by atoms with van der Waals surface area (Å²) < 4.78 is 16.6. The summed E-state index contributed by atoms with van der Waals surface area (Å²) in [5, 5.41) is 3.54. The van der Waals surface area contributed by atoms with Gasteiger partial charge in [-0.1, -0.05) is 31.2 Å². The monoisotopic (exact) mass is 293 g/mol. The van der Waals surface area contributed by atoms with Crippen molar-refractivity contribution >= 4 is 0 Å². The Morgan fingerprint density at radius 1 is 1.14 bits per heavy atom. The molecule has 0 spiro atoms. The molecule has 2 unspecified atom stereocenters. The Labute approximate surface area is 127 Å². The van der Waals surface area contributed by atoms with E-state index in [9.17, 15) is 0 Å². The summed E-state index contributed by atoms with van der Waals surface area (Å²) in [7, 11) is 1.71. The fourth-order valence-corrected chi connectivity index (χ4v) is 2.84. The van der Waals surface area contributed by atoms with Crippen LogP contribution in [0.5, 0.6) is 0 Å². The molecular weight excluding hydrogens is 266 g/mol. The number of fused-ring (bicyclic) bond motifs is 1. The molecule has 1 aromatic carbocycles. The van der Waals surface area contributed by atoms with E-state index in [2.05, 4.69) is 36.5 Å². The van der Waals surface area contributed by atoms with Gasteiger partial charge in [0.25, 0.3) is 0 Å². The molecule has 0 aromatic heterocycles. The molecule has 0 aliphatic heterocycles. The molecule has 0 radical (unpaired) electrons. The molecule has 1 aliphatic carbocycles. The zero-order valence-electron chi connectivity index (χ0n) is 13.1. The number of benzene rings is 1. The second-order valence-corrected chi connectivity index (χ2v) is 5.31. The van der Waals surface area contributed by atoms with E-state index in [1.54, 1.807) is 7.11 Å². The first-order chi connectivity index (χ1) is 10.4. The van der Waals surface area contributed by atoms with Crippen LogP contribution in [0.15, 0.2) is 24.3 Å². The Balaban J connectivity index is 1.73. The van der Waals surface area contributed by atoms with E-state index in [4.69, 9.17) is 14.2 Å². The van der Waals surface area contributed by atoms with Crippen LogP contribution in [0.4, 0.5) is 0 Å². The minimum atomic E-state index is 0.213. The number of rotatable bonds is 10. The molecule has 1 aromatic rings. The van der Waals surface area contributed by atoms with E-state index in [1.165, 1.54) is 11.1 Å². The van der Waals surface area contributed by atoms with Gasteiger partial charge in [0.05, 0.1) is 25.4 Å². The van der Waals surface area contributed by atoms with Crippen LogP contribution in [0.25, 0.3) is 0 Å². The lowest BCUT2D eigenvalue weighted by Crippen LogP contribution is -2.31. The van der Waals surface area contributed by atoms with Crippen molar-refractivity contribution in [2.24, 2.45) is 0 Å². The van der Waals surface area contributed by atoms with Gasteiger partial charge in [-0.2, -0.15) is 0 Å². The third-order valence-corrected chi connectivity index (χ3v) is 3.80. The van der Waals surface area contributed by atoms with Gasteiger partial charge in [-0.15, -0.1) is 0 Å². The van der Waals surface area contributed by atoms with Gasteiger partial charge >= 0.3 is 0 Å². The minimum absolute atomic E-state index is 0.213. The highest BCUT2D eigenvalue weighted by Gasteiger charge is 2.32. The Bertz CT molecular complexity index is 411. The second-order valence-electron chi connectivity index (χ2n) is 5.31. The van der Waals surface area contributed by atoms with Crippen molar-refractivity contribution in [3.8, 4) is 0 Å². The van der Waals surface area contributed by atoms with Gasteiger partial charge in [0, 0.05) is 26.7 Å². The van der Waals surface area contributed by atoms with Gasteiger partial charge in [0.15, 0.2) is 0 Å². The van der Waals surface area contributed by atoms with Gasteiger partial charge in [-0.25, -0.2) is 0 Å². The maximum atomic E-state index is 6.04. The molecule has 0 amide bonds. The third kappa shape index (κ3) is 4.78. The topological polar surface area (TPSA) is 39.7 Å². The highest BCUT2D eigenvalue weighted by Crippen LogP contribution is 2.33. The van der Waals surface area contributed by atoms with Crippen LogP contribution in [-0.2, 0) is 20.6 Å². The lowest BCUT2D eigenvalue weighted by Gasteiger charge is -2.21. The number of ether oxygens (including phenoxy) is 3. The van der Waals surface area contributed by atoms with Crippen molar-refractivity contribution in [2.45, 2.75) is 31.9 Å². The quantitative estimate of drug-likeness (QED) is 0.672. The first-order valence-corrected chi connectivity index (χ1v) is 7.86. The van der Waals surface area contributed by atoms with E-state index in [0.29, 0.717) is 19.3 Å². The Morgan fingerprint density at radius 3 is 2.81 bits per heavy atom. The maximum absolute atomic E-state index is 6.04. The average Bonchev–Trinajstić information content (AvgIpc) is 2.85. The summed E-state index contributed by atoms with van der Waals surface area (Å²) in [5.41, 5.74) is 2.78. The highest BCUT2D eigenvalue weighted by atomic mass is 16.5. The van der Waals surface area contributed by atoms with E-state index < -0.39 is 0 Å². The van der Waals surface area contributed by atoms with Crippen LogP contribution < -0.4 is 5.32 Å². The Hall–Kier alpha value is -0.940. The lowest BCUT2D eigenvalue weighted by atomic mass is 10.1. The molecule has 0 saturated heterocycles. The average molecular weight is 293 g/mol. The standard InChI is InChI=1S/C17H27NO3/c1-3-18-17-15-8-5-4-7-14(15)13-16(17)21-12-11-20-10-6-9-19-2/h4-5,7-8,16-18H,3,6,9-13H2,1-2H3. The predicted molar refractivity (Wildman–Crippen MR) is 83.6 cm³/mol. The normalized spacial score (nSPS) is 20.7. The molecular formula is C17H27NO3. The van der Waals surface area contributed by atoms with Crippen molar-refractivity contribution in [1.29, 1.82) is 0 Å². The fourth-order valence-electron chi connectivity index (χ4n) is 2.84. The maximum Gasteiger partial charge on any atom is 0.0811 e. The molecule has 1 N–H and O–H groups in total. The number of nitrogens with one attached hydrogen (secondary N) is 1. The fraction of sp³-hybridized carbons (Fsp3) is 0.647. The van der Waals surface area contributed by atoms with Crippen LogP contribution in [0.1, 0.15) is 30.5 Å². The molecule has 21 heavy (non-hydrogen) atoms. The van der Waals surface area contributed by atoms with Crippen LogP contribution in [-0.4, -0.2) is 46.2 Å². The summed E-state index contributed by atoms with van der Waals surface area (Å²) in [6, 6.07) is 8.91. The summed E-state index contributed by atoms with van der Waals surface area (Å²) in [6.07, 6.45) is 2.13. The van der Waals surface area contributed by atoms with Crippen LogP contribution in [0, 0.1) is 0 Å². The van der Waals surface area contributed by atoms with Crippen LogP contribution in [0.2, 0.25) is 0 Å². The molecule has 2 atom stereocenters. The zero-order chi connectivity index (χ0) is 14.9. The van der Waals surface area contributed by atoms with Crippen molar-refractivity contribution in [3.63, 3.8) is 0 Å². The summed E-state index contributed by atoms with van der Waals surface area (Å²) in [5.74, 6) is 0. The van der Waals surface area contributed by atoms with Gasteiger partial charge in [-0.3, -0.25) is 0 Å². The second kappa shape index (κ2) is 9.15. The highest BCUT2D eigenvalue weighted by molar-refractivity contribution is 5.36. The SMILES string of the molecule is CCNC1c2ccccc2CC1OCCOCCCOC. The molecule has 4 nitrogen and oxygen atoms in total. The minimum Gasteiger partial charge on any atom is -0.385 e. The molecule has 0 saturated carbocycles. The molecule has 2 rings (SSSR count). The number of methoxy groups -OCH3 is 1. The van der Waals surface area contributed by atoms with Gasteiger partial charge in [0.1, 0.15) is 0 Å². The Kier molecular flexibility index (Phi) is 7.16. The van der Waals surface area contributed by atoms with E-state index in [1.807, 2.05) is 0 Å². The Morgan fingerprint density at radius 2 is 2.00 bits per heavy atom. The summed E-state index contributed by atoms with van der Waals surface area (Å²) in [6.45, 7) is 5.87. The zero-order valence-corrected chi connectivity index (χ0v) is 13.1. The van der Waals surface area contributed by atoms with Gasteiger partial charge < -0.3 is 19.5 Å². The first kappa shape index (κ1) is 16.4. The number of hydrogen-bond donors (Lipinski definition) is 1. The summed E-state index contributed by atoms with van der Waals surface area (Å²) >= 11 is 0. The predicted octanol–water partition coefficient (Wildman–Crippen LogP) is 2.33. The van der Waals surface area contributed by atoms with Crippen molar-refractivity contribution in [1.82, 2.24) is 5.32 Å². The van der Waals surface area contributed by atoms with Gasteiger partial charge in [0.2, 0.25) is 0 Å². The van der Waals surface area contributed by atoms with E-state index in [0.717, 1.165) is 32.6 Å². The number of hydrogen-bond acceptors (Lipinski definition) is 4. The summed E-state index contributed by atoms with van der Waals surface area (Å²) in [4.78, 5) is 0. The molecule has 0 bridgehead atoms. The third-order valence-electron chi connectivity index (χ3n) is 3.80. The first-order valence-electron chi connectivity index (χ1n) is 7.86. The smallest absolute Gasteiger partial charge is 0.0811 e. The van der Waals surface area contributed by atoms with E-state index >= 15 is 0 Å². The van der Waals surface area contributed by atoms with Crippen molar-refractivity contribution in [2.75, 3.05) is 40.1 Å². The molecule has 118 valence electrons. The molecule has 1 aliphatic rings. The van der Waals surface area contributed by atoms with Crippen molar-refractivity contribution in [3.05, 3.63) is 35.4 Å². The molecule has 4 heteroatoms. The van der Waals surface area contributed by atoms with Crippen LogP contribution in [0.3, 0.4) is 0 Å². The van der Waals surface area contributed by atoms with Crippen molar-refractivity contribution < 1.29 is 14.2 Å². The van der Waals surface area contributed by atoms with Gasteiger partial charge in [-0.05, 0) is 24.1 Å². The van der Waals surface area contributed by atoms with E-state index in [-0.39, 0.29) is 6.10 Å². The lowest BCUT2D eigenvalue weighted by molar-refractivity contribution is -0.00866. The number of likely N-dealkylation sites (N-methyl/N-ethyl adjacent to an activating group) is 1. The largest absolute Gasteiger partial charge is 0.385 e. The molecule has 0 heterocycles. The molecule has 0 fully saturated rings. The van der Waals surface area contributed by atoms with Crippen LogP contribution >= 0.6 is 0 Å².